The highest BCUT2D eigenvalue weighted by atomic mass is 16.5. The lowest BCUT2D eigenvalue weighted by atomic mass is 9.71. The van der Waals surface area contributed by atoms with Gasteiger partial charge in [0.25, 0.3) is 0 Å². The van der Waals surface area contributed by atoms with Crippen LogP contribution in [0.3, 0.4) is 0 Å². The Morgan fingerprint density at radius 3 is 2.19 bits per heavy atom. The summed E-state index contributed by atoms with van der Waals surface area (Å²) < 4.78 is 21.0. The quantitative estimate of drug-likeness (QED) is 0.628. The van der Waals surface area contributed by atoms with Gasteiger partial charge in [-0.3, -0.25) is 4.79 Å². The summed E-state index contributed by atoms with van der Waals surface area (Å²) in [4.78, 5) is 26.0. The first kappa shape index (κ1) is 23.0. The summed E-state index contributed by atoms with van der Waals surface area (Å²) >= 11 is 0. The Morgan fingerprint density at radius 1 is 0.906 bits per heavy atom. The molecule has 32 heavy (non-hydrogen) atoms. The molecule has 8 heteroatoms. The Bertz CT molecular complexity index is 1060. The standard InChI is InChI=1S/C24H26O8/c1-5-31-23(27)16-9-14-11-20(30-4)18(26)12-15(14)21(22(16)24(28)32-6-2)13-7-8-17(25)19(10-13)29-3/h7-12,21-22,25-26H,5-6H2,1-4H3. The van der Waals surface area contributed by atoms with Crippen LogP contribution in [0.25, 0.3) is 6.08 Å². The van der Waals surface area contributed by atoms with Gasteiger partial charge in [-0.1, -0.05) is 6.07 Å². The summed E-state index contributed by atoms with van der Waals surface area (Å²) in [6.45, 7) is 3.61. The second-order valence-electron chi connectivity index (χ2n) is 7.11. The molecule has 0 spiro atoms. The van der Waals surface area contributed by atoms with Gasteiger partial charge in [-0.25, -0.2) is 4.79 Å². The fraction of sp³-hybridized carbons (Fsp3) is 0.333. The van der Waals surface area contributed by atoms with E-state index in [0.717, 1.165) is 0 Å². The zero-order chi connectivity index (χ0) is 23.4. The monoisotopic (exact) mass is 442 g/mol. The van der Waals surface area contributed by atoms with Crippen LogP contribution in [-0.4, -0.2) is 49.6 Å². The number of carbonyl (C=O) groups is 2. The van der Waals surface area contributed by atoms with Gasteiger partial charge >= 0.3 is 11.9 Å². The molecule has 2 N–H and O–H groups in total. The van der Waals surface area contributed by atoms with Crippen molar-refractivity contribution >= 4 is 18.0 Å². The SMILES string of the molecule is CCOC(=O)C1=Cc2cc(OC)c(O)cc2C(c2ccc(O)c(OC)c2)C1C(=O)OCC. The van der Waals surface area contributed by atoms with Gasteiger partial charge in [-0.05, 0) is 60.9 Å². The zero-order valence-electron chi connectivity index (χ0n) is 18.4. The van der Waals surface area contributed by atoms with E-state index in [1.807, 2.05) is 0 Å². The van der Waals surface area contributed by atoms with Crippen molar-refractivity contribution in [2.24, 2.45) is 5.92 Å². The molecule has 0 heterocycles. The van der Waals surface area contributed by atoms with Crippen LogP contribution < -0.4 is 9.47 Å². The number of fused-ring (bicyclic) bond motifs is 1. The van der Waals surface area contributed by atoms with Crippen molar-refractivity contribution in [2.45, 2.75) is 19.8 Å². The van der Waals surface area contributed by atoms with E-state index >= 15 is 0 Å². The molecule has 3 rings (SSSR count). The molecule has 0 amide bonds. The molecule has 1 aliphatic rings. The molecule has 170 valence electrons. The topological polar surface area (TPSA) is 112 Å². The van der Waals surface area contributed by atoms with E-state index in [1.165, 1.54) is 26.4 Å². The van der Waals surface area contributed by atoms with E-state index in [4.69, 9.17) is 18.9 Å². The number of aromatic hydroxyl groups is 2. The van der Waals surface area contributed by atoms with Gasteiger partial charge < -0.3 is 29.2 Å². The largest absolute Gasteiger partial charge is 0.504 e. The molecule has 0 aromatic heterocycles. The Hall–Kier alpha value is -3.68. The second kappa shape index (κ2) is 9.64. The maximum atomic E-state index is 13.1. The van der Waals surface area contributed by atoms with E-state index in [-0.39, 0.29) is 41.8 Å². The molecule has 0 bridgehead atoms. The number of carbonyl (C=O) groups excluding carboxylic acids is 2. The van der Waals surface area contributed by atoms with Gasteiger partial charge in [0.1, 0.15) is 0 Å². The smallest absolute Gasteiger partial charge is 0.334 e. The number of ether oxygens (including phenoxy) is 4. The third-order valence-electron chi connectivity index (χ3n) is 5.31. The van der Waals surface area contributed by atoms with E-state index < -0.39 is 23.8 Å². The van der Waals surface area contributed by atoms with Gasteiger partial charge in [0.15, 0.2) is 23.0 Å². The summed E-state index contributed by atoms with van der Waals surface area (Å²) in [6, 6.07) is 7.76. The summed E-state index contributed by atoms with van der Waals surface area (Å²) in [5.41, 5.74) is 1.88. The van der Waals surface area contributed by atoms with E-state index in [9.17, 15) is 19.8 Å². The van der Waals surface area contributed by atoms with Crippen LogP contribution in [0.2, 0.25) is 0 Å². The molecule has 0 saturated carbocycles. The van der Waals surface area contributed by atoms with Crippen LogP contribution in [0.1, 0.15) is 36.5 Å². The molecule has 2 aromatic carbocycles. The number of esters is 2. The fourth-order valence-electron chi connectivity index (χ4n) is 3.93. The Morgan fingerprint density at radius 2 is 1.56 bits per heavy atom. The van der Waals surface area contributed by atoms with Crippen LogP contribution >= 0.6 is 0 Å². The number of benzene rings is 2. The summed E-state index contributed by atoms with van der Waals surface area (Å²) in [5.74, 6) is -2.76. The van der Waals surface area contributed by atoms with Gasteiger partial charge in [0.05, 0.1) is 38.9 Å². The Balaban J connectivity index is 2.31. The molecule has 2 aromatic rings. The minimum atomic E-state index is -1.04. The van der Waals surface area contributed by atoms with Crippen molar-refractivity contribution in [3.8, 4) is 23.0 Å². The maximum absolute atomic E-state index is 13.1. The van der Waals surface area contributed by atoms with Crippen LogP contribution in [0, 0.1) is 5.92 Å². The van der Waals surface area contributed by atoms with Crippen LogP contribution in [-0.2, 0) is 19.1 Å². The molecular weight excluding hydrogens is 416 g/mol. The molecule has 2 atom stereocenters. The molecule has 0 aliphatic heterocycles. The van der Waals surface area contributed by atoms with Crippen LogP contribution in [0.5, 0.6) is 23.0 Å². The molecule has 0 radical (unpaired) electrons. The molecular formula is C24H26O8. The third-order valence-corrected chi connectivity index (χ3v) is 5.31. The number of methoxy groups -OCH3 is 2. The predicted octanol–water partition coefficient (Wildman–Crippen LogP) is 3.39. The highest BCUT2D eigenvalue weighted by Crippen LogP contribution is 2.48. The average molecular weight is 442 g/mol. The summed E-state index contributed by atoms with van der Waals surface area (Å²) in [6.07, 6.45) is 1.56. The number of phenolic OH excluding ortho intramolecular Hbond substituents is 2. The first-order valence-corrected chi connectivity index (χ1v) is 10.2. The van der Waals surface area contributed by atoms with Crippen molar-refractivity contribution < 1.29 is 38.7 Å². The number of rotatable bonds is 7. The third kappa shape index (κ3) is 4.21. The van der Waals surface area contributed by atoms with Crippen molar-refractivity contribution in [1.82, 2.24) is 0 Å². The lowest BCUT2D eigenvalue weighted by molar-refractivity contribution is -0.150. The highest BCUT2D eigenvalue weighted by Gasteiger charge is 2.43. The highest BCUT2D eigenvalue weighted by molar-refractivity contribution is 6.02. The molecule has 8 nitrogen and oxygen atoms in total. The van der Waals surface area contributed by atoms with Crippen molar-refractivity contribution in [1.29, 1.82) is 0 Å². The predicted molar refractivity (Wildman–Crippen MR) is 116 cm³/mol. The van der Waals surface area contributed by atoms with Gasteiger partial charge in [0, 0.05) is 5.92 Å². The van der Waals surface area contributed by atoms with Gasteiger partial charge in [-0.2, -0.15) is 0 Å². The van der Waals surface area contributed by atoms with Crippen LogP contribution in [0.15, 0.2) is 35.9 Å². The van der Waals surface area contributed by atoms with Gasteiger partial charge in [-0.15, -0.1) is 0 Å². The summed E-state index contributed by atoms with van der Waals surface area (Å²) in [5, 5.41) is 20.5. The van der Waals surface area contributed by atoms with E-state index in [0.29, 0.717) is 16.7 Å². The number of hydrogen-bond donors (Lipinski definition) is 2. The fourth-order valence-corrected chi connectivity index (χ4v) is 3.93. The summed E-state index contributed by atoms with van der Waals surface area (Å²) in [7, 11) is 2.83. The molecule has 2 unspecified atom stereocenters. The molecule has 0 saturated heterocycles. The van der Waals surface area contributed by atoms with Crippen molar-refractivity contribution in [3.63, 3.8) is 0 Å². The minimum absolute atomic E-state index is 0.0706. The first-order chi connectivity index (χ1) is 15.4. The van der Waals surface area contributed by atoms with Crippen molar-refractivity contribution in [3.05, 3.63) is 52.6 Å². The first-order valence-electron chi connectivity index (χ1n) is 10.2. The van der Waals surface area contributed by atoms with Crippen LogP contribution in [0.4, 0.5) is 0 Å². The van der Waals surface area contributed by atoms with E-state index in [2.05, 4.69) is 0 Å². The zero-order valence-corrected chi connectivity index (χ0v) is 18.4. The lowest BCUT2D eigenvalue weighted by Crippen LogP contribution is -2.33. The Kier molecular flexibility index (Phi) is 6.92. The lowest BCUT2D eigenvalue weighted by Gasteiger charge is -2.33. The van der Waals surface area contributed by atoms with E-state index in [1.54, 1.807) is 38.1 Å². The normalized spacial score (nSPS) is 17.1. The van der Waals surface area contributed by atoms with Gasteiger partial charge in [0.2, 0.25) is 0 Å². The molecule has 1 aliphatic carbocycles. The Labute approximate surface area is 186 Å². The maximum Gasteiger partial charge on any atom is 0.334 e. The number of phenols is 2. The minimum Gasteiger partial charge on any atom is -0.504 e. The molecule has 0 fully saturated rings. The second-order valence-corrected chi connectivity index (χ2v) is 7.11. The van der Waals surface area contributed by atoms with Crippen molar-refractivity contribution in [2.75, 3.05) is 27.4 Å². The number of hydrogen-bond acceptors (Lipinski definition) is 8. The average Bonchev–Trinajstić information content (AvgIpc) is 2.78.